The Morgan fingerprint density at radius 3 is 2.86 bits per heavy atom. The Morgan fingerprint density at radius 1 is 1.33 bits per heavy atom. The van der Waals surface area contributed by atoms with Gasteiger partial charge in [0, 0.05) is 12.1 Å². The molecule has 0 saturated carbocycles. The van der Waals surface area contributed by atoms with Crippen molar-refractivity contribution in [2.24, 2.45) is 0 Å². The zero-order chi connectivity index (χ0) is 15.2. The highest BCUT2D eigenvalue weighted by molar-refractivity contribution is 5.94. The van der Waals surface area contributed by atoms with Crippen molar-refractivity contribution in [3.63, 3.8) is 0 Å². The standard InChI is InChI=1S/C16H21NO4/c1-3-9-20-16(19)14(4-2)21-12-6-7-13-11(10-12)5-8-15(18)17-13/h6-7,10,14H,3-5,8-9H2,1-2H3,(H,17,18). The molecule has 5 heteroatoms. The molecule has 1 aliphatic rings. The van der Waals surface area contributed by atoms with E-state index in [2.05, 4.69) is 5.32 Å². The SMILES string of the molecule is CCCOC(=O)C(CC)Oc1ccc2c(c1)CCC(=O)N2. The summed E-state index contributed by atoms with van der Waals surface area (Å²) in [5, 5.41) is 2.82. The number of anilines is 1. The predicted molar refractivity (Wildman–Crippen MR) is 79.3 cm³/mol. The van der Waals surface area contributed by atoms with Crippen LogP contribution in [0.1, 0.15) is 38.7 Å². The number of rotatable bonds is 6. The number of fused-ring (bicyclic) bond motifs is 1. The smallest absolute Gasteiger partial charge is 0.347 e. The van der Waals surface area contributed by atoms with Crippen molar-refractivity contribution in [3.8, 4) is 5.75 Å². The monoisotopic (exact) mass is 291 g/mol. The molecule has 1 amide bonds. The fraction of sp³-hybridized carbons (Fsp3) is 0.500. The second-order valence-corrected chi connectivity index (χ2v) is 5.05. The third-order valence-electron chi connectivity index (χ3n) is 3.33. The van der Waals surface area contributed by atoms with Crippen LogP contribution in [-0.2, 0) is 20.7 Å². The summed E-state index contributed by atoms with van der Waals surface area (Å²) in [6.45, 7) is 4.25. The van der Waals surface area contributed by atoms with Crippen LogP contribution in [0.15, 0.2) is 18.2 Å². The first-order chi connectivity index (χ1) is 10.1. The van der Waals surface area contributed by atoms with Crippen LogP contribution in [0.4, 0.5) is 5.69 Å². The first-order valence-electron chi connectivity index (χ1n) is 7.40. The average molecular weight is 291 g/mol. The normalized spacial score (nSPS) is 14.9. The molecule has 21 heavy (non-hydrogen) atoms. The van der Waals surface area contributed by atoms with E-state index >= 15 is 0 Å². The quantitative estimate of drug-likeness (QED) is 0.818. The summed E-state index contributed by atoms with van der Waals surface area (Å²) < 4.78 is 10.9. The summed E-state index contributed by atoms with van der Waals surface area (Å²) in [7, 11) is 0. The Bertz CT molecular complexity index is 527. The lowest BCUT2D eigenvalue weighted by Crippen LogP contribution is -2.29. The van der Waals surface area contributed by atoms with Crippen molar-refractivity contribution in [1.29, 1.82) is 0 Å². The van der Waals surface area contributed by atoms with Gasteiger partial charge in [-0.15, -0.1) is 0 Å². The highest BCUT2D eigenvalue weighted by Gasteiger charge is 2.21. The van der Waals surface area contributed by atoms with E-state index < -0.39 is 6.10 Å². The third kappa shape index (κ3) is 3.97. The number of carbonyl (C=O) groups excluding carboxylic acids is 2. The van der Waals surface area contributed by atoms with Crippen LogP contribution in [0, 0.1) is 0 Å². The van der Waals surface area contributed by atoms with Gasteiger partial charge in [-0.05, 0) is 43.0 Å². The van der Waals surface area contributed by atoms with Crippen LogP contribution < -0.4 is 10.1 Å². The van der Waals surface area contributed by atoms with Gasteiger partial charge in [0.25, 0.3) is 0 Å². The van der Waals surface area contributed by atoms with Crippen molar-refractivity contribution >= 4 is 17.6 Å². The number of hydrogen-bond acceptors (Lipinski definition) is 4. The van der Waals surface area contributed by atoms with Crippen LogP contribution in [-0.4, -0.2) is 24.6 Å². The molecule has 1 heterocycles. The van der Waals surface area contributed by atoms with E-state index in [0.29, 0.717) is 31.6 Å². The van der Waals surface area contributed by atoms with Crippen molar-refractivity contribution in [1.82, 2.24) is 0 Å². The van der Waals surface area contributed by atoms with Gasteiger partial charge in [0.15, 0.2) is 6.10 Å². The number of benzene rings is 1. The first kappa shape index (κ1) is 15.4. The fourth-order valence-corrected chi connectivity index (χ4v) is 2.19. The van der Waals surface area contributed by atoms with E-state index in [1.165, 1.54) is 0 Å². The minimum atomic E-state index is -0.590. The highest BCUT2D eigenvalue weighted by atomic mass is 16.6. The van der Waals surface area contributed by atoms with Gasteiger partial charge >= 0.3 is 5.97 Å². The molecule has 5 nitrogen and oxygen atoms in total. The number of aryl methyl sites for hydroxylation is 1. The Labute approximate surface area is 124 Å². The Hall–Kier alpha value is -2.04. The second kappa shape index (κ2) is 7.11. The van der Waals surface area contributed by atoms with Gasteiger partial charge in [0.2, 0.25) is 5.91 Å². The lowest BCUT2D eigenvalue weighted by molar-refractivity contribution is -0.152. The van der Waals surface area contributed by atoms with Gasteiger partial charge in [-0.3, -0.25) is 4.79 Å². The fourth-order valence-electron chi connectivity index (χ4n) is 2.19. The molecule has 0 radical (unpaired) electrons. The second-order valence-electron chi connectivity index (χ2n) is 5.05. The Balaban J connectivity index is 2.04. The maximum atomic E-state index is 11.9. The average Bonchev–Trinajstić information content (AvgIpc) is 2.50. The van der Waals surface area contributed by atoms with Crippen molar-refractivity contribution in [2.45, 2.75) is 45.6 Å². The lowest BCUT2D eigenvalue weighted by Gasteiger charge is -2.20. The molecule has 0 bridgehead atoms. The van der Waals surface area contributed by atoms with Crippen LogP contribution in [0.5, 0.6) is 5.75 Å². The minimum Gasteiger partial charge on any atom is -0.479 e. The summed E-state index contributed by atoms with van der Waals surface area (Å²) in [6.07, 6.45) is 1.92. The molecule has 0 aromatic heterocycles. The zero-order valence-corrected chi connectivity index (χ0v) is 12.5. The van der Waals surface area contributed by atoms with Crippen molar-refractivity contribution < 1.29 is 19.1 Å². The lowest BCUT2D eigenvalue weighted by atomic mass is 10.0. The van der Waals surface area contributed by atoms with E-state index in [1.807, 2.05) is 26.0 Å². The van der Waals surface area contributed by atoms with Gasteiger partial charge in [0.05, 0.1) is 6.61 Å². The number of nitrogens with one attached hydrogen (secondary N) is 1. The van der Waals surface area contributed by atoms with E-state index in [0.717, 1.165) is 17.7 Å². The summed E-state index contributed by atoms with van der Waals surface area (Å²) >= 11 is 0. The Morgan fingerprint density at radius 2 is 2.14 bits per heavy atom. The Kier molecular flexibility index (Phi) is 5.20. The summed E-state index contributed by atoms with van der Waals surface area (Å²) in [5.41, 5.74) is 1.85. The molecule has 1 N–H and O–H groups in total. The molecule has 1 atom stereocenters. The molecular formula is C16H21NO4. The number of carbonyl (C=O) groups is 2. The van der Waals surface area contributed by atoms with Crippen LogP contribution in [0.2, 0.25) is 0 Å². The van der Waals surface area contributed by atoms with Gasteiger partial charge in [0.1, 0.15) is 5.75 Å². The van der Waals surface area contributed by atoms with E-state index in [-0.39, 0.29) is 11.9 Å². The van der Waals surface area contributed by atoms with E-state index in [9.17, 15) is 9.59 Å². The van der Waals surface area contributed by atoms with Crippen molar-refractivity contribution in [3.05, 3.63) is 23.8 Å². The number of amides is 1. The molecule has 1 aromatic rings. The largest absolute Gasteiger partial charge is 0.479 e. The maximum Gasteiger partial charge on any atom is 0.347 e. The summed E-state index contributed by atoms with van der Waals surface area (Å²) in [4.78, 5) is 23.2. The number of hydrogen-bond donors (Lipinski definition) is 1. The number of ether oxygens (including phenoxy) is 2. The molecule has 1 aliphatic heterocycles. The van der Waals surface area contributed by atoms with Gasteiger partial charge in [-0.1, -0.05) is 13.8 Å². The predicted octanol–water partition coefficient (Wildman–Crippen LogP) is 2.68. The molecule has 0 spiro atoms. The molecule has 0 aliphatic carbocycles. The topological polar surface area (TPSA) is 64.6 Å². The molecule has 114 valence electrons. The molecule has 1 aromatic carbocycles. The van der Waals surface area contributed by atoms with Gasteiger partial charge in [-0.25, -0.2) is 4.79 Å². The van der Waals surface area contributed by atoms with E-state index in [1.54, 1.807) is 6.07 Å². The summed E-state index contributed by atoms with van der Waals surface area (Å²) in [6, 6.07) is 5.45. The van der Waals surface area contributed by atoms with Gasteiger partial charge in [-0.2, -0.15) is 0 Å². The molecule has 1 unspecified atom stereocenters. The maximum absolute atomic E-state index is 11.9. The minimum absolute atomic E-state index is 0.0331. The highest BCUT2D eigenvalue weighted by Crippen LogP contribution is 2.27. The molecule has 2 rings (SSSR count). The first-order valence-corrected chi connectivity index (χ1v) is 7.40. The van der Waals surface area contributed by atoms with Crippen LogP contribution in [0.25, 0.3) is 0 Å². The molecule has 0 fully saturated rings. The van der Waals surface area contributed by atoms with Crippen LogP contribution >= 0.6 is 0 Å². The van der Waals surface area contributed by atoms with Crippen molar-refractivity contribution in [2.75, 3.05) is 11.9 Å². The number of esters is 1. The van der Waals surface area contributed by atoms with E-state index in [4.69, 9.17) is 9.47 Å². The summed E-state index contributed by atoms with van der Waals surface area (Å²) in [5.74, 6) is 0.335. The molecule has 0 saturated heterocycles. The third-order valence-corrected chi connectivity index (χ3v) is 3.33. The molecular weight excluding hydrogens is 270 g/mol. The van der Waals surface area contributed by atoms with Crippen LogP contribution in [0.3, 0.4) is 0 Å². The van der Waals surface area contributed by atoms with Gasteiger partial charge < -0.3 is 14.8 Å². The zero-order valence-electron chi connectivity index (χ0n) is 12.5.